The van der Waals surface area contributed by atoms with Crippen LogP contribution in [0, 0.1) is 24.2 Å². The lowest BCUT2D eigenvalue weighted by Gasteiger charge is -2.19. The summed E-state index contributed by atoms with van der Waals surface area (Å²) in [4.78, 5) is 24.8. The number of sulfonamides is 1. The number of azo groups is 1. The van der Waals surface area contributed by atoms with Crippen LogP contribution in [0.3, 0.4) is 0 Å². The molecule has 2 aromatic carbocycles. The van der Waals surface area contributed by atoms with Crippen LogP contribution in [0.25, 0.3) is 0 Å². The summed E-state index contributed by atoms with van der Waals surface area (Å²) in [7, 11) is -2.69. The van der Waals surface area contributed by atoms with E-state index in [0.717, 1.165) is 25.7 Å². The third-order valence-corrected chi connectivity index (χ3v) is 8.12. The summed E-state index contributed by atoms with van der Waals surface area (Å²) < 4.78 is 33.9. The van der Waals surface area contributed by atoms with Crippen LogP contribution >= 0.6 is 0 Å². The van der Waals surface area contributed by atoms with Crippen molar-refractivity contribution in [2.24, 2.45) is 16.1 Å². The van der Waals surface area contributed by atoms with Gasteiger partial charge in [0.15, 0.2) is 5.69 Å². The maximum absolute atomic E-state index is 13.3. The Kier molecular flexibility index (Phi) is 10.4. The molecule has 0 fully saturated rings. The standard InChI is InChI=1S/C29H33N5O6S/c1-5-7-8-20(6-2)18-34-27(35)25(17-30)19(3)26(28(34)36)32-31-22-13-15-24(16-14-22)41(38,39)33-23-11-9-21(10-12-23)29(37)40-4/h9-16,20,33,35H,5-8,18H2,1-4H3. The molecular formula is C29H33N5O6S. The van der Waals surface area contributed by atoms with E-state index in [2.05, 4.69) is 26.6 Å². The molecule has 3 rings (SSSR count). The van der Waals surface area contributed by atoms with Crippen LogP contribution in [0.15, 0.2) is 68.4 Å². The number of ether oxygens (including phenoxy) is 1. The Morgan fingerprint density at radius 2 is 1.78 bits per heavy atom. The van der Waals surface area contributed by atoms with E-state index in [1.165, 1.54) is 67.1 Å². The van der Waals surface area contributed by atoms with Gasteiger partial charge < -0.3 is 9.84 Å². The van der Waals surface area contributed by atoms with Crippen LogP contribution in [0.5, 0.6) is 5.88 Å². The van der Waals surface area contributed by atoms with Gasteiger partial charge in [0.2, 0.25) is 5.88 Å². The van der Waals surface area contributed by atoms with Crippen molar-refractivity contribution < 1.29 is 23.1 Å². The number of hydrogen-bond acceptors (Lipinski definition) is 9. The minimum atomic E-state index is -3.95. The van der Waals surface area contributed by atoms with E-state index in [1.54, 1.807) is 0 Å². The second-order valence-corrected chi connectivity index (χ2v) is 11.2. The van der Waals surface area contributed by atoms with Crippen LogP contribution in [0.4, 0.5) is 17.1 Å². The first-order chi connectivity index (χ1) is 19.6. The summed E-state index contributed by atoms with van der Waals surface area (Å²) in [5.41, 5.74) is 0.350. The quantitative estimate of drug-likeness (QED) is 0.198. The fourth-order valence-electron chi connectivity index (χ4n) is 4.21. The smallest absolute Gasteiger partial charge is 0.337 e. The summed E-state index contributed by atoms with van der Waals surface area (Å²) in [6, 6.07) is 13.3. The number of pyridine rings is 1. The highest BCUT2D eigenvalue weighted by Crippen LogP contribution is 2.29. The topological polar surface area (TPSA) is 163 Å². The van der Waals surface area contributed by atoms with Crippen molar-refractivity contribution in [3.05, 3.63) is 75.6 Å². The second kappa shape index (κ2) is 13.7. The normalized spacial score (nSPS) is 12.2. The molecule has 0 amide bonds. The van der Waals surface area contributed by atoms with Crippen molar-refractivity contribution in [2.75, 3.05) is 11.8 Å². The zero-order valence-electron chi connectivity index (χ0n) is 23.4. The average molecular weight is 580 g/mol. The highest BCUT2D eigenvalue weighted by Gasteiger charge is 2.21. The molecular weight excluding hydrogens is 546 g/mol. The molecule has 0 aliphatic heterocycles. The van der Waals surface area contributed by atoms with Gasteiger partial charge in [-0.1, -0.05) is 33.1 Å². The number of aromatic hydroxyl groups is 1. The highest BCUT2D eigenvalue weighted by atomic mass is 32.2. The van der Waals surface area contributed by atoms with Crippen molar-refractivity contribution in [3.8, 4) is 11.9 Å². The first-order valence-electron chi connectivity index (χ1n) is 13.2. The Morgan fingerprint density at radius 3 is 2.34 bits per heavy atom. The minimum absolute atomic E-state index is 0.0406. The first kappa shape index (κ1) is 31.0. The summed E-state index contributed by atoms with van der Waals surface area (Å²) >= 11 is 0. The number of carbonyl (C=O) groups is 1. The van der Waals surface area contributed by atoms with Gasteiger partial charge in [0.25, 0.3) is 15.6 Å². The van der Waals surface area contributed by atoms with Gasteiger partial charge in [-0.15, -0.1) is 5.11 Å². The van der Waals surface area contributed by atoms with Crippen LogP contribution < -0.4 is 10.3 Å². The summed E-state index contributed by atoms with van der Waals surface area (Å²) in [6.45, 7) is 5.87. The molecule has 0 bridgehead atoms. The SMILES string of the molecule is CCCCC(CC)Cn1c(O)c(C#N)c(C)c(N=Nc2ccc(S(=O)(=O)Nc3ccc(C(=O)OC)cc3)cc2)c1=O. The minimum Gasteiger partial charge on any atom is -0.493 e. The zero-order valence-corrected chi connectivity index (χ0v) is 24.2. The van der Waals surface area contributed by atoms with E-state index < -0.39 is 21.6 Å². The number of nitriles is 1. The van der Waals surface area contributed by atoms with Crippen molar-refractivity contribution in [2.45, 2.75) is 57.9 Å². The number of rotatable bonds is 12. The van der Waals surface area contributed by atoms with Crippen molar-refractivity contribution in [1.29, 1.82) is 5.26 Å². The third-order valence-electron chi connectivity index (χ3n) is 6.72. The Morgan fingerprint density at radius 1 is 1.12 bits per heavy atom. The molecule has 0 saturated heterocycles. The first-order valence-corrected chi connectivity index (χ1v) is 14.6. The largest absolute Gasteiger partial charge is 0.493 e. The maximum Gasteiger partial charge on any atom is 0.337 e. The molecule has 1 unspecified atom stereocenters. The van der Waals surface area contributed by atoms with E-state index in [9.17, 15) is 28.4 Å². The second-order valence-electron chi connectivity index (χ2n) is 9.48. The number of benzene rings is 2. The summed E-state index contributed by atoms with van der Waals surface area (Å²) in [5.74, 6) is -0.774. The van der Waals surface area contributed by atoms with E-state index in [-0.39, 0.29) is 57.0 Å². The van der Waals surface area contributed by atoms with Crippen LogP contribution in [-0.2, 0) is 21.3 Å². The predicted octanol–water partition coefficient (Wildman–Crippen LogP) is 5.95. The number of anilines is 1. The molecule has 2 N–H and O–H groups in total. The Bertz CT molecular complexity index is 1620. The molecule has 0 aliphatic rings. The Labute approximate surface area is 239 Å². The number of methoxy groups -OCH3 is 1. The van der Waals surface area contributed by atoms with E-state index in [1.807, 2.05) is 13.0 Å². The van der Waals surface area contributed by atoms with Crippen molar-refractivity contribution in [3.63, 3.8) is 0 Å². The number of nitrogens with one attached hydrogen (secondary N) is 1. The lowest BCUT2D eigenvalue weighted by molar-refractivity contribution is 0.0600. The van der Waals surface area contributed by atoms with E-state index in [4.69, 9.17) is 0 Å². The van der Waals surface area contributed by atoms with E-state index >= 15 is 0 Å². The maximum atomic E-state index is 13.3. The van der Waals surface area contributed by atoms with Crippen LogP contribution in [0.2, 0.25) is 0 Å². The summed E-state index contributed by atoms with van der Waals surface area (Å²) in [5, 5.41) is 28.5. The zero-order chi connectivity index (χ0) is 30.2. The Balaban J connectivity index is 1.85. The number of esters is 1. The van der Waals surface area contributed by atoms with Gasteiger partial charge in [-0.25, -0.2) is 13.2 Å². The van der Waals surface area contributed by atoms with Crippen LogP contribution in [0.1, 0.15) is 61.0 Å². The molecule has 1 aromatic heterocycles. The van der Waals surface area contributed by atoms with E-state index in [0.29, 0.717) is 0 Å². The fraction of sp³-hybridized carbons (Fsp3) is 0.345. The fourth-order valence-corrected chi connectivity index (χ4v) is 5.27. The number of carbonyl (C=O) groups excluding carboxylic acids is 1. The number of nitrogens with zero attached hydrogens (tertiary/aromatic N) is 4. The highest BCUT2D eigenvalue weighted by molar-refractivity contribution is 7.92. The molecule has 41 heavy (non-hydrogen) atoms. The monoisotopic (exact) mass is 579 g/mol. The lowest BCUT2D eigenvalue weighted by atomic mass is 9.99. The third kappa shape index (κ3) is 7.37. The number of hydrogen-bond donors (Lipinski definition) is 2. The Hall–Kier alpha value is -4.50. The van der Waals surface area contributed by atoms with Crippen molar-refractivity contribution in [1.82, 2.24) is 4.57 Å². The van der Waals surface area contributed by atoms with Gasteiger partial charge in [0.05, 0.1) is 23.3 Å². The molecule has 0 aliphatic carbocycles. The van der Waals surface area contributed by atoms with Gasteiger partial charge in [0.1, 0.15) is 11.6 Å². The summed E-state index contributed by atoms with van der Waals surface area (Å²) in [6.07, 6.45) is 3.69. The lowest BCUT2D eigenvalue weighted by Crippen LogP contribution is -2.25. The van der Waals surface area contributed by atoms with Gasteiger partial charge in [-0.05, 0) is 67.8 Å². The molecule has 3 aromatic rings. The molecule has 11 nitrogen and oxygen atoms in total. The molecule has 0 radical (unpaired) electrons. The molecule has 0 saturated carbocycles. The van der Waals surface area contributed by atoms with Crippen LogP contribution in [-0.4, -0.2) is 31.2 Å². The van der Waals surface area contributed by atoms with Gasteiger partial charge >= 0.3 is 5.97 Å². The molecule has 1 atom stereocenters. The molecule has 216 valence electrons. The molecule has 0 spiro atoms. The average Bonchev–Trinajstić information content (AvgIpc) is 2.97. The predicted molar refractivity (Wildman–Crippen MR) is 154 cm³/mol. The van der Waals surface area contributed by atoms with Crippen molar-refractivity contribution >= 4 is 33.1 Å². The van der Waals surface area contributed by atoms with Gasteiger partial charge in [-0.2, -0.15) is 10.4 Å². The molecule has 12 heteroatoms. The molecule has 1 heterocycles. The number of aromatic nitrogens is 1. The van der Waals surface area contributed by atoms with Gasteiger partial charge in [-0.3, -0.25) is 14.1 Å². The van der Waals surface area contributed by atoms with Gasteiger partial charge in [0, 0.05) is 17.8 Å². The number of unbranched alkanes of at least 4 members (excludes halogenated alkanes) is 1.